The van der Waals surface area contributed by atoms with Gasteiger partial charge in [0.25, 0.3) is 15.9 Å². The highest BCUT2D eigenvalue weighted by Gasteiger charge is 2.30. The van der Waals surface area contributed by atoms with Gasteiger partial charge in [0, 0.05) is 36.7 Å². The zero-order chi connectivity index (χ0) is 19.6. The molecule has 1 saturated heterocycles. The van der Waals surface area contributed by atoms with Crippen molar-refractivity contribution in [2.24, 2.45) is 0 Å². The molecule has 0 bridgehead atoms. The van der Waals surface area contributed by atoms with Gasteiger partial charge in [-0.3, -0.25) is 4.79 Å². The van der Waals surface area contributed by atoms with Gasteiger partial charge in [-0.2, -0.15) is 4.31 Å². The van der Waals surface area contributed by atoms with E-state index in [1.54, 1.807) is 12.1 Å². The number of halogens is 2. The molecular weight excluding hydrogens is 439 g/mol. The van der Waals surface area contributed by atoms with Crippen molar-refractivity contribution in [3.8, 4) is 0 Å². The van der Waals surface area contributed by atoms with Crippen LogP contribution in [0.25, 0.3) is 0 Å². The van der Waals surface area contributed by atoms with Crippen molar-refractivity contribution in [1.29, 1.82) is 0 Å². The van der Waals surface area contributed by atoms with E-state index in [0.717, 1.165) is 19.3 Å². The molecule has 2 aromatic rings. The quantitative estimate of drug-likeness (QED) is 0.685. The molecule has 0 spiro atoms. The molecule has 0 radical (unpaired) electrons. The second kappa shape index (κ2) is 8.12. The Morgan fingerprint density at radius 1 is 1.22 bits per heavy atom. The predicted molar refractivity (Wildman–Crippen MR) is 101 cm³/mol. The lowest BCUT2D eigenvalue weighted by atomic mass is 10.2. The monoisotopic (exact) mass is 458 g/mol. The second-order valence-electron chi connectivity index (χ2n) is 6.48. The molecule has 3 rings (SSSR count). The highest BCUT2D eigenvalue weighted by Crippen LogP contribution is 2.23. The fourth-order valence-corrected chi connectivity index (χ4v) is 4.82. The number of amides is 1. The largest absolute Gasteiger partial charge is 0.438 e. The molecular formula is C18H20BrFN2O4S. The highest BCUT2D eigenvalue weighted by molar-refractivity contribution is 9.10. The highest BCUT2D eigenvalue weighted by atomic mass is 79.9. The summed E-state index contributed by atoms with van der Waals surface area (Å²) in [6.07, 6.45) is 2.63. The van der Waals surface area contributed by atoms with Gasteiger partial charge in [0.1, 0.15) is 5.82 Å². The summed E-state index contributed by atoms with van der Waals surface area (Å²) in [6.45, 7) is 0.932. The molecule has 0 N–H and O–H groups in total. The summed E-state index contributed by atoms with van der Waals surface area (Å²) in [5.41, 5.74) is 0.341. The first-order chi connectivity index (χ1) is 12.8. The van der Waals surface area contributed by atoms with Crippen LogP contribution in [0.3, 0.4) is 0 Å². The molecule has 0 atom stereocenters. The first kappa shape index (κ1) is 20.0. The minimum Gasteiger partial charge on any atom is -0.438 e. The number of furan rings is 1. The van der Waals surface area contributed by atoms with E-state index in [4.69, 9.17) is 4.42 Å². The van der Waals surface area contributed by atoms with Crippen LogP contribution in [-0.2, 0) is 16.6 Å². The lowest BCUT2D eigenvalue weighted by Gasteiger charge is -2.24. The van der Waals surface area contributed by atoms with Crippen LogP contribution >= 0.6 is 15.9 Å². The van der Waals surface area contributed by atoms with E-state index in [1.807, 2.05) is 0 Å². The molecule has 0 aliphatic carbocycles. The maximum absolute atomic E-state index is 13.9. The molecule has 146 valence electrons. The van der Waals surface area contributed by atoms with E-state index in [-0.39, 0.29) is 17.4 Å². The Kier molecular flexibility index (Phi) is 6.02. The number of piperidine rings is 1. The molecule has 0 unspecified atom stereocenters. The minimum absolute atomic E-state index is 0.0268. The maximum atomic E-state index is 13.9. The van der Waals surface area contributed by atoms with Crippen molar-refractivity contribution in [2.75, 3.05) is 20.1 Å². The van der Waals surface area contributed by atoms with Gasteiger partial charge in [-0.25, -0.2) is 12.8 Å². The van der Waals surface area contributed by atoms with Crippen molar-refractivity contribution in [1.82, 2.24) is 9.21 Å². The topological polar surface area (TPSA) is 70.8 Å². The Morgan fingerprint density at radius 3 is 2.63 bits per heavy atom. The fourth-order valence-electron chi connectivity index (χ4n) is 2.99. The number of hydrogen-bond donors (Lipinski definition) is 0. The third-order valence-corrected chi connectivity index (χ3v) is 6.73. The standard InChI is InChI=1S/C18H20BrFN2O4S/c1-21(12-13-11-14(19)5-6-15(13)20)18(23)16-7-8-17(26-16)27(24,25)22-9-3-2-4-10-22/h5-8,11H,2-4,9-10,12H2,1H3. The van der Waals surface area contributed by atoms with Gasteiger partial charge in [-0.05, 0) is 43.2 Å². The van der Waals surface area contributed by atoms with Crippen molar-refractivity contribution >= 4 is 31.9 Å². The number of hydrogen-bond acceptors (Lipinski definition) is 4. The van der Waals surface area contributed by atoms with Crippen LogP contribution < -0.4 is 0 Å². The maximum Gasteiger partial charge on any atom is 0.289 e. The molecule has 27 heavy (non-hydrogen) atoms. The molecule has 6 nitrogen and oxygen atoms in total. The van der Waals surface area contributed by atoms with Gasteiger partial charge in [0.2, 0.25) is 5.09 Å². The van der Waals surface area contributed by atoms with E-state index >= 15 is 0 Å². The van der Waals surface area contributed by atoms with Crippen LogP contribution in [0.15, 0.2) is 44.3 Å². The van der Waals surface area contributed by atoms with Crippen LogP contribution in [0.5, 0.6) is 0 Å². The average Bonchev–Trinajstić information content (AvgIpc) is 3.15. The molecule has 2 heterocycles. The summed E-state index contributed by atoms with van der Waals surface area (Å²) in [6, 6.07) is 7.12. The van der Waals surface area contributed by atoms with Crippen LogP contribution in [0.2, 0.25) is 0 Å². The molecule has 1 amide bonds. The van der Waals surface area contributed by atoms with E-state index in [0.29, 0.717) is 23.1 Å². The van der Waals surface area contributed by atoms with Crippen molar-refractivity contribution in [3.63, 3.8) is 0 Å². The molecule has 1 aromatic heterocycles. The van der Waals surface area contributed by atoms with Crippen molar-refractivity contribution in [2.45, 2.75) is 30.9 Å². The first-order valence-electron chi connectivity index (χ1n) is 8.58. The van der Waals surface area contributed by atoms with E-state index in [2.05, 4.69) is 15.9 Å². The Labute approximate surface area is 166 Å². The van der Waals surface area contributed by atoms with Gasteiger partial charge in [0.05, 0.1) is 0 Å². The van der Waals surface area contributed by atoms with Gasteiger partial charge in [0.15, 0.2) is 5.76 Å². The van der Waals surface area contributed by atoms with E-state index in [1.165, 1.54) is 34.5 Å². The normalized spacial score (nSPS) is 15.7. The summed E-state index contributed by atoms with van der Waals surface area (Å²) in [5.74, 6) is -1.04. The predicted octanol–water partition coefficient (Wildman–Crippen LogP) is 3.63. The first-order valence-corrected chi connectivity index (χ1v) is 10.8. The minimum atomic E-state index is -3.74. The molecule has 1 fully saturated rings. The number of benzene rings is 1. The summed E-state index contributed by atoms with van der Waals surface area (Å²) >= 11 is 3.27. The van der Waals surface area contributed by atoms with Crippen molar-refractivity contribution in [3.05, 3.63) is 51.9 Å². The van der Waals surface area contributed by atoms with Crippen LogP contribution in [0, 0.1) is 5.82 Å². The van der Waals surface area contributed by atoms with Gasteiger partial charge in [-0.15, -0.1) is 0 Å². The van der Waals surface area contributed by atoms with Gasteiger partial charge < -0.3 is 9.32 Å². The van der Waals surface area contributed by atoms with E-state index in [9.17, 15) is 17.6 Å². The smallest absolute Gasteiger partial charge is 0.289 e. The fraction of sp³-hybridized carbons (Fsp3) is 0.389. The number of nitrogens with zero attached hydrogens (tertiary/aromatic N) is 2. The third kappa shape index (κ3) is 4.41. The van der Waals surface area contributed by atoms with Crippen LogP contribution in [-0.4, -0.2) is 43.7 Å². The molecule has 9 heteroatoms. The van der Waals surface area contributed by atoms with Crippen LogP contribution in [0.1, 0.15) is 35.4 Å². The third-order valence-electron chi connectivity index (χ3n) is 4.46. The lowest BCUT2D eigenvalue weighted by molar-refractivity contribution is 0.0746. The zero-order valence-electron chi connectivity index (χ0n) is 14.8. The average molecular weight is 459 g/mol. The number of sulfonamides is 1. The second-order valence-corrected chi connectivity index (χ2v) is 9.26. The lowest BCUT2D eigenvalue weighted by Crippen LogP contribution is -2.35. The molecule has 1 aliphatic rings. The summed E-state index contributed by atoms with van der Waals surface area (Å²) in [5, 5.41) is -0.241. The summed E-state index contributed by atoms with van der Waals surface area (Å²) in [7, 11) is -2.24. The summed E-state index contributed by atoms with van der Waals surface area (Å²) < 4.78 is 46.6. The van der Waals surface area contributed by atoms with Gasteiger partial charge >= 0.3 is 0 Å². The van der Waals surface area contributed by atoms with E-state index < -0.39 is 21.7 Å². The number of carbonyl (C=O) groups is 1. The molecule has 1 aromatic carbocycles. The number of rotatable bonds is 5. The van der Waals surface area contributed by atoms with Crippen LogP contribution in [0.4, 0.5) is 4.39 Å². The summed E-state index contributed by atoms with van der Waals surface area (Å²) in [4.78, 5) is 13.8. The molecule has 1 aliphatic heterocycles. The Bertz CT molecular complexity index is 939. The van der Waals surface area contributed by atoms with Gasteiger partial charge in [-0.1, -0.05) is 22.4 Å². The Hall–Kier alpha value is -1.71. The Morgan fingerprint density at radius 2 is 1.93 bits per heavy atom. The Balaban J connectivity index is 1.75. The number of carbonyl (C=O) groups excluding carboxylic acids is 1. The molecule has 0 saturated carbocycles. The SMILES string of the molecule is CN(Cc1cc(Br)ccc1F)C(=O)c1ccc(S(=O)(=O)N2CCCCC2)o1. The van der Waals surface area contributed by atoms with Crippen molar-refractivity contribution < 1.29 is 22.0 Å². The zero-order valence-corrected chi connectivity index (χ0v) is 17.2.